The van der Waals surface area contributed by atoms with Crippen LogP contribution in [0.4, 0.5) is 0 Å². The van der Waals surface area contributed by atoms with E-state index in [4.69, 9.17) is 4.42 Å². The van der Waals surface area contributed by atoms with E-state index in [1.165, 1.54) is 18.4 Å². The van der Waals surface area contributed by atoms with E-state index in [-0.39, 0.29) is 11.4 Å². The molecule has 6 heteroatoms. The van der Waals surface area contributed by atoms with Crippen molar-refractivity contribution in [3.05, 3.63) is 59.6 Å². The van der Waals surface area contributed by atoms with E-state index in [0.29, 0.717) is 17.8 Å². The molecule has 1 aromatic heterocycles. The van der Waals surface area contributed by atoms with E-state index < -0.39 is 15.9 Å². The SMILES string of the molecule is Cc1ccc(S(=O)(=O)N2CC/C(=C/c3ccco3)C2=O)cc1. The lowest BCUT2D eigenvalue weighted by Crippen LogP contribution is -2.32. The van der Waals surface area contributed by atoms with Crippen molar-refractivity contribution < 1.29 is 17.6 Å². The third-order valence-corrected chi connectivity index (χ3v) is 5.35. The zero-order valence-electron chi connectivity index (χ0n) is 12.0. The van der Waals surface area contributed by atoms with Crippen LogP contribution in [0, 0.1) is 6.92 Å². The highest BCUT2D eigenvalue weighted by molar-refractivity contribution is 7.89. The summed E-state index contributed by atoms with van der Waals surface area (Å²) >= 11 is 0. The van der Waals surface area contributed by atoms with Crippen LogP contribution in [0.5, 0.6) is 0 Å². The largest absolute Gasteiger partial charge is 0.465 e. The molecule has 22 heavy (non-hydrogen) atoms. The number of hydrogen-bond acceptors (Lipinski definition) is 4. The van der Waals surface area contributed by atoms with E-state index in [1.807, 2.05) is 6.92 Å². The monoisotopic (exact) mass is 317 g/mol. The van der Waals surface area contributed by atoms with Crippen molar-refractivity contribution in [1.82, 2.24) is 4.31 Å². The van der Waals surface area contributed by atoms with Gasteiger partial charge in [0.1, 0.15) is 5.76 Å². The highest BCUT2D eigenvalue weighted by Crippen LogP contribution is 2.26. The molecule has 114 valence electrons. The smallest absolute Gasteiger partial charge is 0.266 e. The van der Waals surface area contributed by atoms with Gasteiger partial charge in [-0.2, -0.15) is 0 Å². The maximum Gasteiger partial charge on any atom is 0.266 e. The molecule has 5 nitrogen and oxygen atoms in total. The van der Waals surface area contributed by atoms with Gasteiger partial charge in [-0.1, -0.05) is 17.7 Å². The number of carbonyl (C=O) groups is 1. The maximum atomic E-state index is 12.6. The molecule has 0 bridgehead atoms. The minimum absolute atomic E-state index is 0.130. The minimum atomic E-state index is -3.80. The van der Waals surface area contributed by atoms with Crippen molar-refractivity contribution in [2.45, 2.75) is 18.2 Å². The van der Waals surface area contributed by atoms with Gasteiger partial charge in [0.2, 0.25) is 0 Å². The van der Waals surface area contributed by atoms with Crippen LogP contribution in [-0.4, -0.2) is 25.2 Å². The number of rotatable bonds is 3. The van der Waals surface area contributed by atoms with Crippen molar-refractivity contribution in [3.63, 3.8) is 0 Å². The summed E-state index contributed by atoms with van der Waals surface area (Å²) in [5, 5.41) is 0. The Hall–Kier alpha value is -2.34. The molecular formula is C16H15NO4S. The van der Waals surface area contributed by atoms with Gasteiger partial charge in [0, 0.05) is 12.1 Å². The summed E-state index contributed by atoms with van der Waals surface area (Å²) in [4.78, 5) is 12.5. The van der Waals surface area contributed by atoms with Crippen LogP contribution >= 0.6 is 0 Å². The molecule has 0 spiro atoms. The summed E-state index contributed by atoms with van der Waals surface area (Å²) in [5.74, 6) is 0.0508. The molecule has 1 aromatic carbocycles. The molecule has 0 unspecified atom stereocenters. The van der Waals surface area contributed by atoms with Crippen molar-refractivity contribution >= 4 is 22.0 Å². The van der Waals surface area contributed by atoms with Crippen LogP contribution < -0.4 is 0 Å². The van der Waals surface area contributed by atoms with Crippen molar-refractivity contribution in [3.8, 4) is 0 Å². The lowest BCUT2D eigenvalue weighted by Gasteiger charge is -2.15. The van der Waals surface area contributed by atoms with Gasteiger partial charge in [0.15, 0.2) is 0 Å². The average Bonchev–Trinajstić information content (AvgIpc) is 3.11. The minimum Gasteiger partial charge on any atom is -0.465 e. The number of carbonyl (C=O) groups excluding carboxylic acids is 1. The van der Waals surface area contributed by atoms with Crippen molar-refractivity contribution in [2.75, 3.05) is 6.54 Å². The summed E-state index contributed by atoms with van der Waals surface area (Å²) in [6, 6.07) is 9.91. The molecule has 0 saturated carbocycles. The molecule has 0 aliphatic carbocycles. The number of nitrogens with zero attached hydrogens (tertiary/aromatic N) is 1. The van der Waals surface area contributed by atoms with Gasteiger partial charge in [-0.25, -0.2) is 12.7 Å². The molecule has 2 heterocycles. The normalized spacial score (nSPS) is 17.4. The van der Waals surface area contributed by atoms with Crippen LogP contribution in [-0.2, 0) is 14.8 Å². The highest BCUT2D eigenvalue weighted by Gasteiger charge is 2.36. The maximum absolute atomic E-state index is 12.6. The molecule has 1 fully saturated rings. The Morgan fingerprint density at radius 1 is 1.18 bits per heavy atom. The van der Waals surface area contributed by atoms with Crippen molar-refractivity contribution in [2.24, 2.45) is 0 Å². The number of sulfonamides is 1. The Bertz CT molecular complexity index is 818. The summed E-state index contributed by atoms with van der Waals surface area (Å²) in [6.07, 6.45) is 3.48. The number of furan rings is 1. The molecule has 2 aromatic rings. The average molecular weight is 317 g/mol. The van der Waals surface area contributed by atoms with Crippen LogP contribution in [0.2, 0.25) is 0 Å². The highest BCUT2D eigenvalue weighted by atomic mass is 32.2. The van der Waals surface area contributed by atoms with Crippen LogP contribution in [0.15, 0.2) is 57.5 Å². The quantitative estimate of drug-likeness (QED) is 0.816. The van der Waals surface area contributed by atoms with Gasteiger partial charge in [0.05, 0.1) is 11.2 Å². The van der Waals surface area contributed by atoms with Crippen LogP contribution in [0.1, 0.15) is 17.7 Å². The second kappa shape index (κ2) is 5.46. The summed E-state index contributed by atoms with van der Waals surface area (Å²) < 4.78 is 31.2. The first-order valence-electron chi connectivity index (χ1n) is 6.86. The molecule has 1 saturated heterocycles. The Balaban J connectivity index is 1.90. The van der Waals surface area contributed by atoms with Gasteiger partial charge in [-0.15, -0.1) is 0 Å². The third kappa shape index (κ3) is 2.57. The Kier molecular flexibility index (Phi) is 3.62. The van der Waals surface area contributed by atoms with Crippen LogP contribution in [0.3, 0.4) is 0 Å². The molecule has 3 rings (SSSR count). The first kappa shape index (κ1) is 14.6. The lowest BCUT2D eigenvalue weighted by molar-refractivity contribution is -0.120. The van der Waals surface area contributed by atoms with Gasteiger partial charge in [-0.3, -0.25) is 4.79 Å². The molecule has 1 aliphatic rings. The Morgan fingerprint density at radius 3 is 2.55 bits per heavy atom. The number of benzene rings is 1. The zero-order valence-corrected chi connectivity index (χ0v) is 12.8. The van der Waals surface area contributed by atoms with Gasteiger partial charge in [0.25, 0.3) is 15.9 Å². The summed E-state index contributed by atoms with van der Waals surface area (Å²) in [5.41, 5.74) is 1.40. The molecular weight excluding hydrogens is 302 g/mol. The first-order valence-corrected chi connectivity index (χ1v) is 8.30. The number of aryl methyl sites for hydroxylation is 1. The fourth-order valence-corrected chi connectivity index (χ4v) is 3.74. The van der Waals surface area contributed by atoms with E-state index >= 15 is 0 Å². The molecule has 1 aliphatic heterocycles. The standard InChI is InChI=1S/C16H15NO4S/c1-12-4-6-15(7-5-12)22(19,20)17-9-8-13(16(17)18)11-14-3-2-10-21-14/h2-7,10-11H,8-9H2,1H3/b13-11-. The molecule has 1 amide bonds. The van der Waals surface area contributed by atoms with Crippen LogP contribution in [0.25, 0.3) is 6.08 Å². The Morgan fingerprint density at radius 2 is 1.91 bits per heavy atom. The number of amides is 1. The Labute approximate surface area is 128 Å². The van der Waals surface area contributed by atoms with E-state index in [1.54, 1.807) is 30.3 Å². The third-order valence-electron chi connectivity index (χ3n) is 3.55. The fraction of sp³-hybridized carbons (Fsp3) is 0.188. The lowest BCUT2D eigenvalue weighted by atomic mass is 10.2. The molecule has 0 N–H and O–H groups in total. The zero-order chi connectivity index (χ0) is 15.7. The molecule has 0 radical (unpaired) electrons. The predicted octanol–water partition coefficient (Wildman–Crippen LogP) is 2.59. The predicted molar refractivity (Wildman–Crippen MR) is 81.4 cm³/mol. The fourth-order valence-electron chi connectivity index (χ4n) is 2.34. The van der Waals surface area contributed by atoms with Crippen molar-refractivity contribution in [1.29, 1.82) is 0 Å². The first-order chi connectivity index (χ1) is 10.5. The summed E-state index contributed by atoms with van der Waals surface area (Å²) in [7, 11) is -3.80. The second-order valence-corrected chi connectivity index (χ2v) is 6.99. The van der Waals surface area contributed by atoms with E-state index in [2.05, 4.69) is 0 Å². The number of hydrogen-bond donors (Lipinski definition) is 0. The van der Waals surface area contributed by atoms with Gasteiger partial charge >= 0.3 is 0 Å². The molecule has 0 atom stereocenters. The van der Waals surface area contributed by atoms with E-state index in [9.17, 15) is 13.2 Å². The van der Waals surface area contributed by atoms with Gasteiger partial charge < -0.3 is 4.42 Å². The summed E-state index contributed by atoms with van der Waals surface area (Å²) in [6.45, 7) is 2.03. The van der Waals surface area contributed by atoms with Gasteiger partial charge in [-0.05, 0) is 43.7 Å². The van der Waals surface area contributed by atoms with E-state index in [0.717, 1.165) is 9.87 Å². The second-order valence-electron chi connectivity index (χ2n) is 5.13. The topological polar surface area (TPSA) is 67.6 Å².